The first-order valence-electron chi connectivity index (χ1n) is 4.76. The molecule has 2 aromatic rings. The van der Waals surface area contributed by atoms with E-state index in [0.29, 0.717) is 11.8 Å². The van der Waals surface area contributed by atoms with Gasteiger partial charge in [-0.05, 0) is 19.1 Å². The zero-order chi connectivity index (χ0) is 11.5. The number of carboxylic acid groups (broad SMARTS) is 1. The third-order valence-electron chi connectivity index (χ3n) is 1.97. The quantitative estimate of drug-likeness (QED) is 0.882. The minimum absolute atomic E-state index is 0.00506. The molecular formula is C10H10N2O3S. The summed E-state index contributed by atoms with van der Waals surface area (Å²) >= 11 is 1.57. The topological polar surface area (TPSA) is 76.2 Å². The molecule has 0 amide bonds. The predicted molar refractivity (Wildman–Crippen MR) is 58.3 cm³/mol. The molecule has 0 aliphatic rings. The Morgan fingerprint density at radius 2 is 2.31 bits per heavy atom. The fraction of sp³-hybridized carbons (Fsp3) is 0.300. The van der Waals surface area contributed by atoms with E-state index in [4.69, 9.17) is 9.52 Å². The third-order valence-corrected chi connectivity index (χ3v) is 2.96. The minimum Gasteiger partial charge on any atom is -0.481 e. The van der Waals surface area contributed by atoms with Crippen molar-refractivity contribution in [1.82, 2.24) is 10.2 Å². The number of rotatable bonds is 4. The van der Waals surface area contributed by atoms with Crippen molar-refractivity contribution in [1.29, 1.82) is 0 Å². The summed E-state index contributed by atoms with van der Waals surface area (Å²) in [4.78, 5) is 12.4. The summed E-state index contributed by atoms with van der Waals surface area (Å²) < 4.78 is 5.36. The van der Waals surface area contributed by atoms with E-state index in [-0.39, 0.29) is 12.8 Å². The number of hydrogen-bond acceptors (Lipinski definition) is 5. The Kier molecular flexibility index (Phi) is 3.00. The van der Waals surface area contributed by atoms with E-state index >= 15 is 0 Å². The third kappa shape index (κ3) is 2.46. The molecular weight excluding hydrogens is 228 g/mol. The highest BCUT2D eigenvalue weighted by molar-refractivity contribution is 7.15. The molecule has 0 saturated heterocycles. The molecule has 0 atom stereocenters. The van der Waals surface area contributed by atoms with E-state index in [1.165, 1.54) is 4.88 Å². The van der Waals surface area contributed by atoms with E-state index in [1.807, 2.05) is 19.1 Å². The molecule has 84 valence electrons. The number of thiophene rings is 1. The second kappa shape index (κ2) is 4.44. The van der Waals surface area contributed by atoms with Crippen LogP contribution in [0.4, 0.5) is 0 Å². The lowest BCUT2D eigenvalue weighted by Crippen LogP contribution is -1.97. The fourth-order valence-corrected chi connectivity index (χ4v) is 2.01. The van der Waals surface area contributed by atoms with Crippen LogP contribution in [0.1, 0.15) is 17.2 Å². The number of nitrogens with zero attached hydrogens (tertiary/aromatic N) is 2. The van der Waals surface area contributed by atoms with Gasteiger partial charge in [-0.25, -0.2) is 0 Å². The molecule has 0 aliphatic heterocycles. The SMILES string of the molecule is Cc1ccc(-c2nnc(CCC(=O)O)o2)s1. The second-order valence-corrected chi connectivity index (χ2v) is 4.59. The fourth-order valence-electron chi connectivity index (χ4n) is 1.22. The van der Waals surface area contributed by atoms with Gasteiger partial charge in [0.1, 0.15) is 0 Å². The lowest BCUT2D eigenvalue weighted by atomic mass is 10.3. The summed E-state index contributed by atoms with van der Waals surface area (Å²) in [6.07, 6.45) is 0.276. The van der Waals surface area contributed by atoms with Gasteiger partial charge in [-0.2, -0.15) is 0 Å². The summed E-state index contributed by atoms with van der Waals surface area (Å²) in [7, 11) is 0. The highest BCUT2D eigenvalue weighted by atomic mass is 32.1. The van der Waals surface area contributed by atoms with Crippen LogP contribution in [-0.2, 0) is 11.2 Å². The van der Waals surface area contributed by atoms with Crippen molar-refractivity contribution in [3.63, 3.8) is 0 Å². The summed E-state index contributed by atoms with van der Waals surface area (Å²) in [5.41, 5.74) is 0. The highest BCUT2D eigenvalue weighted by Gasteiger charge is 2.11. The van der Waals surface area contributed by atoms with Crippen LogP contribution >= 0.6 is 11.3 Å². The molecule has 16 heavy (non-hydrogen) atoms. The molecule has 0 unspecified atom stereocenters. The Bertz CT molecular complexity index is 504. The molecule has 0 aliphatic carbocycles. The van der Waals surface area contributed by atoms with Gasteiger partial charge in [-0.15, -0.1) is 21.5 Å². The first kappa shape index (κ1) is 10.8. The Balaban J connectivity index is 2.10. The van der Waals surface area contributed by atoms with Crippen molar-refractivity contribution in [2.75, 3.05) is 0 Å². The van der Waals surface area contributed by atoms with Crippen LogP contribution in [0.5, 0.6) is 0 Å². The van der Waals surface area contributed by atoms with Crippen LogP contribution < -0.4 is 0 Å². The van der Waals surface area contributed by atoms with Crippen molar-refractivity contribution in [3.8, 4) is 10.8 Å². The van der Waals surface area contributed by atoms with E-state index in [1.54, 1.807) is 11.3 Å². The van der Waals surface area contributed by atoms with Crippen LogP contribution in [0.3, 0.4) is 0 Å². The van der Waals surface area contributed by atoms with Crippen molar-refractivity contribution < 1.29 is 14.3 Å². The van der Waals surface area contributed by atoms with Crippen LogP contribution in [0.15, 0.2) is 16.5 Å². The van der Waals surface area contributed by atoms with Gasteiger partial charge in [0, 0.05) is 11.3 Å². The number of carboxylic acids is 1. The maximum Gasteiger partial charge on any atom is 0.303 e. The number of carbonyl (C=O) groups is 1. The van der Waals surface area contributed by atoms with Gasteiger partial charge in [0.25, 0.3) is 5.89 Å². The van der Waals surface area contributed by atoms with E-state index in [0.717, 1.165) is 4.88 Å². The van der Waals surface area contributed by atoms with E-state index in [2.05, 4.69) is 10.2 Å². The lowest BCUT2D eigenvalue weighted by Gasteiger charge is -1.89. The van der Waals surface area contributed by atoms with Crippen LogP contribution in [0, 0.1) is 6.92 Å². The van der Waals surface area contributed by atoms with Crippen molar-refractivity contribution in [2.24, 2.45) is 0 Å². The maximum absolute atomic E-state index is 10.4. The van der Waals surface area contributed by atoms with Gasteiger partial charge in [-0.3, -0.25) is 4.79 Å². The average molecular weight is 238 g/mol. The van der Waals surface area contributed by atoms with Crippen molar-refractivity contribution >= 4 is 17.3 Å². The number of hydrogen-bond donors (Lipinski definition) is 1. The van der Waals surface area contributed by atoms with Gasteiger partial charge in [-0.1, -0.05) is 0 Å². The molecule has 2 heterocycles. The van der Waals surface area contributed by atoms with Gasteiger partial charge in [0.05, 0.1) is 11.3 Å². The van der Waals surface area contributed by atoms with Gasteiger partial charge < -0.3 is 9.52 Å². The van der Waals surface area contributed by atoms with Gasteiger partial charge >= 0.3 is 5.97 Å². The molecule has 0 radical (unpaired) electrons. The van der Waals surface area contributed by atoms with Gasteiger partial charge in [0.2, 0.25) is 5.89 Å². The number of aliphatic carboxylic acids is 1. The standard InChI is InChI=1S/C10H10N2O3S/c1-6-2-3-7(16-6)10-12-11-8(15-10)4-5-9(13)14/h2-3H,4-5H2,1H3,(H,13,14). The van der Waals surface area contributed by atoms with Crippen LogP contribution in [0.25, 0.3) is 10.8 Å². The Morgan fingerprint density at radius 3 is 2.94 bits per heavy atom. The molecule has 0 fully saturated rings. The molecule has 6 heteroatoms. The van der Waals surface area contributed by atoms with E-state index < -0.39 is 5.97 Å². The maximum atomic E-state index is 10.4. The zero-order valence-electron chi connectivity index (χ0n) is 8.64. The molecule has 0 spiro atoms. The molecule has 0 aromatic carbocycles. The minimum atomic E-state index is -0.869. The lowest BCUT2D eigenvalue weighted by molar-refractivity contribution is -0.137. The Labute approximate surface area is 95.7 Å². The zero-order valence-corrected chi connectivity index (χ0v) is 9.45. The van der Waals surface area contributed by atoms with Crippen LogP contribution in [0.2, 0.25) is 0 Å². The monoisotopic (exact) mass is 238 g/mol. The average Bonchev–Trinajstić information content (AvgIpc) is 2.83. The predicted octanol–water partition coefficient (Wildman–Crippen LogP) is 2.12. The Hall–Kier alpha value is -1.69. The van der Waals surface area contributed by atoms with Gasteiger partial charge in [0.15, 0.2) is 0 Å². The van der Waals surface area contributed by atoms with Crippen molar-refractivity contribution in [3.05, 3.63) is 22.9 Å². The van der Waals surface area contributed by atoms with E-state index in [9.17, 15) is 4.79 Å². The summed E-state index contributed by atoms with van der Waals surface area (Å²) in [6, 6.07) is 3.88. The second-order valence-electron chi connectivity index (χ2n) is 3.30. The summed E-state index contributed by atoms with van der Waals surface area (Å²) in [5, 5.41) is 16.2. The molecule has 1 N–H and O–H groups in total. The van der Waals surface area contributed by atoms with Crippen molar-refractivity contribution in [2.45, 2.75) is 19.8 Å². The molecule has 5 nitrogen and oxygen atoms in total. The summed E-state index contributed by atoms with van der Waals surface area (Å²) in [5.74, 6) is -0.0475. The van der Waals surface area contributed by atoms with Crippen LogP contribution in [-0.4, -0.2) is 21.3 Å². The molecule has 2 rings (SSSR count). The summed E-state index contributed by atoms with van der Waals surface area (Å²) in [6.45, 7) is 2.00. The Morgan fingerprint density at radius 1 is 1.50 bits per heavy atom. The largest absolute Gasteiger partial charge is 0.481 e. The highest BCUT2D eigenvalue weighted by Crippen LogP contribution is 2.26. The first-order valence-corrected chi connectivity index (χ1v) is 5.58. The normalized spacial score (nSPS) is 10.6. The first-order chi connectivity index (χ1) is 7.65. The molecule has 0 bridgehead atoms. The number of aryl methyl sites for hydroxylation is 2. The molecule has 2 aromatic heterocycles. The smallest absolute Gasteiger partial charge is 0.303 e. The number of aromatic nitrogens is 2. The molecule has 0 saturated carbocycles.